The molecule has 0 saturated carbocycles. The SMILES string of the molecule is CC(C)(C)Oc1ccncc1NC(=O)Cc1ccc(F)c(F)c1. The fourth-order valence-corrected chi connectivity index (χ4v) is 1.92. The molecular weight excluding hydrogens is 302 g/mol. The number of benzene rings is 1. The summed E-state index contributed by atoms with van der Waals surface area (Å²) in [5, 5.41) is 2.67. The number of anilines is 1. The molecule has 0 fully saturated rings. The molecule has 1 aromatic carbocycles. The number of hydrogen-bond donors (Lipinski definition) is 1. The third-order valence-corrected chi connectivity index (χ3v) is 2.82. The van der Waals surface area contributed by atoms with E-state index < -0.39 is 17.2 Å². The number of carbonyl (C=O) groups is 1. The van der Waals surface area contributed by atoms with Crippen molar-refractivity contribution < 1.29 is 18.3 Å². The molecule has 4 nitrogen and oxygen atoms in total. The molecule has 23 heavy (non-hydrogen) atoms. The first-order chi connectivity index (χ1) is 10.7. The van der Waals surface area contributed by atoms with Crippen molar-refractivity contribution in [1.82, 2.24) is 4.98 Å². The van der Waals surface area contributed by atoms with Gasteiger partial charge in [-0.2, -0.15) is 0 Å². The van der Waals surface area contributed by atoms with E-state index in [1.807, 2.05) is 20.8 Å². The molecule has 1 heterocycles. The van der Waals surface area contributed by atoms with Crippen molar-refractivity contribution in [2.24, 2.45) is 0 Å². The molecule has 2 aromatic rings. The Bertz CT molecular complexity index is 712. The second-order valence-corrected chi connectivity index (χ2v) is 6.06. The van der Waals surface area contributed by atoms with Crippen LogP contribution in [-0.2, 0) is 11.2 Å². The highest BCUT2D eigenvalue weighted by atomic mass is 19.2. The first-order valence-corrected chi connectivity index (χ1v) is 7.11. The average molecular weight is 320 g/mol. The Hall–Kier alpha value is -2.50. The Morgan fingerprint density at radius 3 is 2.61 bits per heavy atom. The highest BCUT2D eigenvalue weighted by Crippen LogP contribution is 2.26. The summed E-state index contributed by atoms with van der Waals surface area (Å²) in [4.78, 5) is 16.0. The Labute approximate surface area is 133 Å². The quantitative estimate of drug-likeness (QED) is 0.934. The van der Waals surface area contributed by atoms with Crippen molar-refractivity contribution in [2.45, 2.75) is 32.8 Å². The Morgan fingerprint density at radius 1 is 1.22 bits per heavy atom. The van der Waals surface area contributed by atoms with E-state index in [9.17, 15) is 13.6 Å². The van der Waals surface area contributed by atoms with Crippen LogP contribution in [0.4, 0.5) is 14.5 Å². The fraction of sp³-hybridized carbons (Fsp3) is 0.294. The number of rotatable bonds is 4. The van der Waals surface area contributed by atoms with E-state index >= 15 is 0 Å². The van der Waals surface area contributed by atoms with Crippen molar-refractivity contribution in [1.29, 1.82) is 0 Å². The molecule has 0 aliphatic carbocycles. The number of amides is 1. The first kappa shape index (κ1) is 16.9. The highest BCUT2D eigenvalue weighted by molar-refractivity contribution is 5.93. The third kappa shape index (κ3) is 5.02. The zero-order valence-corrected chi connectivity index (χ0v) is 13.2. The van der Waals surface area contributed by atoms with Gasteiger partial charge in [-0.15, -0.1) is 0 Å². The fourth-order valence-electron chi connectivity index (χ4n) is 1.92. The molecule has 2 rings (SSSR count). The van der Waals surface area contributed by atoms with E-state index in [1.54, 1.807) is 12.3 Å². The molecule has 1 amide bonds. The molecule has 0 aliphatic heterocycles. The van der Waals surface area contributed by atoms with Crippen LogP contribution in [0.15, 0.2) is 36.7 Å². The van der Waals surface area contributed by atoms with Gasteiger partial charge in [-0.1, -0.05) is 6.07 Å². The molecule has 0 radical (unpaired) electrons. The molecule has 0 aliphatic rings. The minimum Gasteiger partial charge on any atom is -0.486 e. The molecule has 1 aromatic heterocycles. The van der Waals surface area contributed by atoms with Crippen LogP contribution in [0.25, 0.3) is 0 Å². The average Bonchev–Trinajstić information content (AvgIpc) is 2.43. The topological polar surface area (TPSA) is 51.2 Å². The summed E-state index contributed by atoms with van der Waals surface area (Å²) in [5.74, 6) is -1.80. The predicted molar refractivity (Wildman–Crippen MR) is 83.3 cm³/mol. The van der Waals surface area contributed by atoms with E-state index in [-0.39, 0.29) is 12.3 Å². The second-order valence-electron chi connectivity index (χ2n) is 6.06. The zero-order valence-electron chi connectivity index (χ0n) is 13.2. The van der Waals surface area contributed by atoms with Crippen LogP contribution in [0.1, 0.15) is 26.3 Å². The monoisotopic (exact) mass is 320 g/mol. The van der Waals surface area contributed by atoms with Crippen molar-refractivity contribution in [3.8, 4) is 5.75 Å². The predicted octanol–water partition coefficient (Wildman–Crippen LogP) is 3.72. The lowest BCUT2D eigenvalue weighted by atomic mass is 10.1. The van der Waals surface area contributed by atoms with Gasteiger partial charge in [-0.3, -0.25) is 9.78 Å². The molecular formula is C17H18F2N2O2. The van der Waals surface area contributed by atoms with Crippen LogP contribution in [0, 0.1) is 11.6 Å². The summed E-state index contributed by atoms with van der Waals surface area (Å²) >= 11 is 0. The van der Waals surface area contributed by atoms with E-state index in [0.29, 0.717) is 17.0 Å². The Balaban J connectivity index is 2.09. The zero-order chi connectivity index (χ0) is 17.0. The maximum absolute atomic E-state index is 13.2. The summed E-state index contributed by atoms with van der Waals surface area (Å²) in [7, 11) is 0. The van der Waals surface area contributed by atoms with Gasteiger partial charge < -0.3 is 10.1 Å². The number of hydrogen-bond acceptors (Lipinski definition) is 3. The number of aromatic nitrogens is 1. The van der Waals surface area contributed by atoms with Crippen molar-refractivity contribution in [3.05, 3.63) is 53.9 Å². The van der Waals surface area contributed by atoms with Gasteiger partial charge in [0, 0.05) is 12.3 Å². The molecule has 6 heteroatoms. The van der Waals surface area contributed by atoms with Crippen molar-refractivity contribution >= 4 is 11.6 Å². The Morgan fingerprint density at radius 2 is 1.96 bits per heavy atom. The summed E-state index contributed by atoms with van der Waals surface area (Å²) in [6.07, 6.45) is 2.96. The standard InChI is InChI=1S/C17H18F2N2O2/c1-17(2,3)23-15-6-7-20-10-14(15)21-16(22)9-11-4-5-12(18)13(19)8-11/h4-8,10H,9H2,1-3H3,(H,21,22). The largest absolute Gasteiger partial charge is 0.486 e. The van der Waals surface area contributed by atoms with Crippen molar-refractivity contribution in [3.63, 3.8) is 0 Å². The minimum atomic E-state index is -0.978. The van der Waals surface area contributed by atoms with Crippen molar-refractivity contribution in [2.75, 3.05) is 5.32 Å². The third-order valence-electron chi connectivity index (χ3n) is 2.82. The molecule has 0 bridgehead atoms. The van der Waals surface area contributed by atoms with Gasteiger partial charge in [0.15, 0.2) is 11.6 Å². The smallest absolute Gasteiger partial charge is 0.228 e. The molecule has 0 atom stereocenters. The maximum Gasteiger partial charge on any atom is 0.228 e. The first-order valence-electron chi connectivity index (χ1n) is 7.11. The number of carbonyl (C=O) groups excluding carboxylic acids is 1. The Kier molecular flexibility index (Phi) is 4.93. The summed E-state index contributed by atoms with van der Waals surface area (Å²) in [5.41, 5.74) is 0.375. The van der Waals surface area contributed by atoms with Crippen LogP contribution >= 0.6 is 0 Å². The molecule has 0 unspecified atom stereocenters. The number of ether oxygens (including phenoxy) is 1. The minimum absolute atomic E-state index is 0.0823. The van der Waals surface area contributed by atoms with Gasteiger partial charge in [0.25, 0.3) is 0 Å². The summed E-state index contributed by atoms with van der Waals surface area (Å²) in [6, 6.07) is 5.02. The lowest BCUT2D eigenvalue weighted by molar-refractivity contribution is -0.115. The number of pyridine rings is 1. The maximum atomic E-state index is 13.2. The molecule has 122 valence electrons. The van der Waals surface area contributed by atoms with E-state index in [4.69, 9.17) is 4.74 Å². The summed E-state index contributed by atoms with van der Waals surface area (Å²) in [6.45, 7) is 5.67. The van der Waals surface area contributed by atoms with Gasteiger partial charge in [0.2, 0.25) is 5.91 Å². The van der Waals surface area contributed by atoms with Crippen LogP contribution in [0.5, 0.6) is 5.75 Å². The molecule has 0 saturated heterocycles. The summed E-state index contributed by atoms with van der Waals surface area (Å²) < 4.78 is 31.8. The van der Waals surface area contributed by atoms with Crippen LogP contribution in [0.3, 0.4) is 0 Å². The molecule has 0 spiro atoms. The van der Waals surface area contributed by atoms with Gasteiger partial charge in [-0.25, -0.2) is 8.78 Å². The normalized spacial score (nSPS) is 11.2. The lowest BCUT2D eigenvalue weighted by Gasteiger charge is -2.23. The van der Waals surface area contributed by atoms with Gasteiger partial charge in [-0.05, 0) is 38.5 Å². The lowest BCUT2D eigenvalue weighted by Crippen LogP contribution is -2.24. The highest BCUT2D eigenvalue weighted by Gasteiger charge is 2.16. The van der Waals surface area contributed by atoms with Gasteiger partial charge >= 0.3 is 0 Å². The van der Waals surface area contributed by atoms with E-state index in [2.05, 4.69) is 10.3 Å². The van der Waals surface area contributed by atoms with Gasteiger partial charge in [0.05, 0.1) is 12.6 Å². The second kappa shape index (κ2) is 6.73. The number of nitrogens with one attached hydrogen (secondary N) is 1. The van der Waals surface area contributed by atoms with Crippen LogP contribution < -0.4 is 10.1 Å². The number of nitrogens with zero attached hydrogens (tertiary/aromatic N) is 1. The van der Waals surface area contributed by atoms with Gasteiger partial charge in [0.1, 0.15) is 17.0 Å². The van der Waals surface area contributed by atoms with Crippen LogP contribution in [0.2, 0.25) is 0 Å². The number of halogens is 2. The van der Waals surface area contributed by atoms with Crippen LogP contribution in [-0.4, -0.2) is 16.5 Å². The molecule has 1 N–H and O–H groups in total. The van der Waals surface area contributed by atoms with E-state index in [0.717, 1.165) is 12.1 Å². The van der Waals surface area contributed by atoms with E-state index in [1.165, 1.54) is 12.3 Å².